The van der Waals surface area contributed by atoms with Crippen molar-refractivity contribution in [1.29, 1.82) is 0 Å². The van der Waals surface area contributed by atoms with Gasteiger partial charge in [0.05, 0.1) is 22.9 Å². The molecular formula is C17H13NO5. The maximum absolute atomic E-state index is 12.6. The van der Waals surface area contributed by atoms with E-state index < -0.39 is 5.97 Å². The fourth-order valence-corrected chi connectivity index (χ4v) is 2.55. The molecule has 0 aliphatic rings. The van der Waals surface area contributed by atoms with Gasteiger partial charge in [-0.2, -0.15) is 0 Å². The van der Waals surface area contributed by atoms with Crippen LogP contribution in [-0.2, 0) is 16.0 Å². The van der Waals surface area contributed by atoms with Gasteiger partial charge >= 0.3 is 5.97 Å². The minimum Gasteiger partial charge on any atom is -0.481 e. The van der Waals surface area contributed by atoms with Gasteiger partial charge in [0.2, 0.25) is 11.3 Å². The van der Waals surface area contributed by atoms with E-state index in [0.29, 0.717) is 22.0 Å². The number of carbonyl (C=O) groups is 2. The quantitative estimate of drug-likeness (QED) is 0.724. The van der Waals surface area contributed by atoms with Crippen LogP contribution in [0.5, 0.6) is 0 Å². The van der Waals surface area contributed by atoms with Crippen molar-refractivity contribution in [2.24, 2.45) is 0 Å². The normalized spacial score (nSPS) is 10.8. The summed E-state index contributed by atoms with van der Waals surface area (Å²) in [5.41, 5.74) is 0.981. The number of para-hydroxylation sites is 2. The van der Waals surface area contributed by atoms with Gasteiger partial charge in [-0.3, -0.25) is 14.4 Å². The van der Waals surface area contributed by atoms with Gasteiger partial charge < -0.3 is 14.8 Å². The molecule has 0 unspecified atom stereocenters. The minimum absolute atomic E-state index is 0.227. The molecule has 2 N–H and O–H groups in total. The Bertz CT molecular complexity index is 926. The van der Waals surface area contributed by atoms with Crippen LogP contribution >= 0.6 is 0 Å². The molecule has 0 saturated carbocycles. The Morgan fingerprint density at radius 2 is 1.74 bits per heavy atom. The van der Waals surface area contributed by atoms with E-state index in [4.69, 9.17) is 9.52 Å². The van der Waals surface area contributed by atoms with E-state index >= 15 is 0 Å². The Labute approximate surface area is 130 Å². The molecule has 0 atom stereocenters. The molecule has 6 nitrogen and oxygen atoms in total. The van der Waals surface area contributed by atoms with Gasteiger partial charge in [0, 0.05) is 12.5 Å². The molecule has 1 heterocycles. The second-order valence-corrected chi connectivity index (χ2v) is 5.16. The van der Waals surface area contributed by atoms with E-state index in [2.05, 4.69) is 5.32 Å². The van der Waals surface area contributed by atoms with E-state index in [1.54, 1.807) is 36.4 Å². The first-order chi connectivity index (χ1) is 11.0. The average Bonchev–Trinajstić information content (AvgIpc) is 2.48. The van der Waals surface area contributed by atoms with Crippen molar-refractivity contribution < 1.29 is 19.1 Å². The van der Waals surface area contributed by atoms with Crippen molar-refractivity contribution >= 4 is 39.5 Å². The van der Waals surface area contributed by atoms with E-state index in [1.807, 2.05) is 0 Å². The van der Waals surface area contributed by atoms with Gasteiger partial charge in [-0.05, 0) is 18.2 Å². The maximum atomic E-state index is 12.6. The van der Waals surface area contributed by atoms with Crippen LogP contribution in [0.3, 0.4) is 0 Å². The largest absolute Gasteiger partial charge is 0.481 e. The van der Waals surface area contributed by atoms with Crippen LogP contribution < -0.4 is 10.7 Å². The zero-order chi connectivity index (χ0) is 16.6. The lowest BCUT2D eigenvalue weighted by molar-refractivity contribution is -0.136. The first-order valence-electron chi connectivity index (χ1n) is 6.94. The molecule has 0 spiro atoms. The first-order valence-corrected chi connectivity index (χ1v) is 6.94. The number of carbonyl (C=O) groups excluding carboxylic acids is 1. The average molecular weight is 311 g/mol. The van der Waals surface area contributed by atoms with Crippen molar-refractivity contribution in [3.05, 3.63) is 52.2 Å². The first kappa shape index (κ1) is 14.8. The molecule has 1 aromatic heterocycles. The lowest BCUT2D eigenvalue weighted by Crippen LogP contribution is -2.09. The van der Waals surface area contributed by atoms with Gasteiger partial charge in [0.25, 0.3) is 0 Å². The second-order valence-electron chi connectivity index (χ2n) is 5.16. The molecule has 0 bridgehead atoms. The molecule has 2 aromatic carbocycles. The Hall–Kier alpha value is -3.15. The lowest BCUT2D eigenvalue weighted by atomic mass is 10.1. The highest BCUT2D eigenvalue weighted by atomic mass is 16.4. The van der Waals surface area contributed by atoms with Crippen molar-refractivity contribution in [3.63, 3.8) is 0 Å². The SMILES string of the molecule is CC(=O)Nc1cccc2c(=O)c3cccc(CC(=O)O)c3oc12. The highest BCUT2D eigenvalue weighted by Crippen LogP contribution is 2.27. The molecule has 116 valence electrons. The second kappa shape index (κ2) is 5.57. The fourth-order valence-electron chi connectivity index (χ4n) is 2.55. The summed E-state index contributed by atoms with van der Waals surface area (Å²) in [5, 5.41) is 12.3. The van der Waals surface area contributed by atoms with Gasteiger partial charge in [0.1, 0.15) is 5.58 Å². The molecule has 0 aliphatic heterocycles. The van der Waals surface area contributed by atoms with E-state index in [1.165, 1.54) is 6.92 Å². The zero-order valence-electron chi connectivity index (χ0n) is 12.3. The molecule has 0 fully saturated rings. The van der Waals surface area contributed by atoms with Crippen LogP contribution in [0.1, 0.15) is 12.5 Å². The molecule has 3 aromatic rings. The Balaban J connectivity index is 2.39. The lowest BCUT2D eigenvalue weighted by Gasteiger charge is -2.09. The van der Waals surface area contributed by atoms with Gasteiger partial charge in [-0.1, -0.05) is 18.2 Å². The van der Waals surface area contributed by atoms with E-state index in [0.717, 1.165) is 0 Å². The fraction of sp³-hybridized carbons (Fsp3) is 0.118. The molecule has 6 heteroatoms. The third kappa shape index (κ3) is 2.66. The third-order valence-corrected chi connectivity index (χ3v) is 3.46. The highest BCUT2D eigenvalue weighted by molar-refractivity contribution is 6.01. The summed E-state index contributed by atoms with van der Waals surface area (Å²) in [6, 6.07) is 9.70. The summed E-state index contributed by atoms with van der Waals surface area (Å²) in [6.45, 7) is 1.36. The Kier molecular flexibility index (Phi) is 3.57. The predicted octanol–water partition coefficient (Wildman–Crippen LogP) is 2.53. The molecule has 0 radical (unpaired) electrons. The van der Waals surface area contributed by atoms with Crippen molar-refractivity contribution in [1.82, 2.24) is 0 Å². The van der Waals surface area contributed by atoms with Crippen molar-refractivity contribution in [3.8, 4) is 0 Å². The van der Waals surface area contributed by atoms with Crippen LogP contribution in [0.4, 0.5) is 5.69 Å². The highest BCUT2D eigenvalue weighted by Gasteiger charge is 2.15. The summed E-state index contributed by atoms with van der Waals surface area (Å²) in [6.07, 6.45) is -0.256. The van der Waals surface area contributed by atoms with Gasteiger partial charge in [-0.15, -0.1) is 0 Å². The number of amides is 1. The van der Waals surface area contributed by atoms with Crippen LogP contribution in [0.15, 0.2) is 45.6 Å². The summed E-state index contributed by atoms with van der Waals surface area (Å²) in [5.74, 6) is -1.31. The van der Waals surface area contributed by atoms with Crippen LogP contribution in [0.2, 0.25) is 0 Å². The van der Waals surface area contributed by atoms with E-state index in [-0.39, 0.29) is 28.9 Å². The number of anilines is 1. The molecule has 0 aliphatic carbocycles. The molecular weight excluding hydrogens is 298 g/mol. The Morgan fingerprint density at radius 1 is 1.09 bits per heavy atom. The number of nitrogens with one attached hydrogen (secondary N) is 1. The number of hydrogen-bond donors (Lipinski definition) is 2. The van der Waals surface area contributed by atoms with Gasteiger partial charge in [0.15, 0.2) is 5.58 Å². The van der Waals surface area contributed by atoms with Crippen LogP contribution in [0, 0.1) is 0 Å². The number of aliphatic carboxylic acids is 1. The minimum atomic E-state index is -1.02. The number of carboxylic acids is 1. The number of rotatable bonds is 3. The zero-order valence-corrected chi connectivity index (χ0v) is 12.3. The van der Waals surface area contributed by atoms with E-state index in [9.17, 15) is 14.4 Å². The molecule has 3 rings (SSSR count). The smallest absolute Gasteiger partial charge is 0.307 e. The summed E-state index contributed by atoms with van der Waals surface area (Å²) in [4.78, 5) is 34.9. The molecule has 23 heavy (non-hydrogen) atoms. The Morgan fingerprint density at radius 3 is 2.39 bits per heavy atom. The number of fused-ring (bicyclic) bond motifs is 2. The predicted molar refractivity (Wildman–Crippen MR) is 85.6 cm³/mol. The summed E-state index contributed by atoms with van der Waals surface area (Å²) < 4.78 is 5.81. The third-order valence-electron chi connectivity index (χ3n) is 3.46. The van der Waals surface area contributed by atoms with Crippen LogP contribution in [0.25, 0.3) is 21.9 Å². The monoisotopic (exact) mass is 311 g/mol. The van der Waals surface area contributed by atoms with Crippen LogP contribution in [-0.4, -0.2) is 17.0 Å². The standard InChI is InChI=1S/C17H13NO5/c1-9(19)18-13-7-3-6-12-15(22)11-5-2-4-10(8-14(20)21)16(11)23-17(12)13/h2-7H,8H2,1H3,(H,18,19)(H,20,21). The topological polar surface area (TPSA) is 96.6 Å². The van der Waals surface area contributed by atoms with Crippen molar-refractivity contribution in [2.45, 2.75) is 13.3 Å². The molecule has 0 saturated heterocycles. The van der Waals surface area contributed by atoms with Gasteiger partial charge in [-0.25, -0.2) is 0 Å². The molecule has 1 amide bonds. The van der Waals surface area contributed by atoms with Crippen molar-refractivity contribution in [2.75, 3.05) is 5.32 Å². The number of benzene rings is 2. The summed E-state index contributed by atoms with van der Waals surface area (Å²) >= 11 is 0. The number of carboxylic acid groups (broad SMARTS) is 1. The summed E-state index contributed by atoms with van der Waals surface area (Å²) in [7, 11) is 0. The maximum Gasteiger partial charge on any atom is 0.307 e. The number of hydrogen-bond acceptors (Lipinski definition) is 4.